The van der Waals surface area contributed by atoms with Gasteiger partial charge in [0.05, 0.1) is 9.92 Å². The molecule has 4 aromatic carbocycles. The molecule has 2 N–H and O–H groups in total. The van der Waals surface area contributed by atoms with Gasteiger partial charge < -0.3 is 10.3 Å². The number of fused-ring (bicyclic) bond motifs is 1. The topological polar surface area (TPSA) is 79.0 Å². The second-order valence-corrected chi connectivity index (χ2v) is 11.0. The Balaban J connectivity index is 1.54. The first kappa shape index (κ1) is 24.7. The van der Waals surface area contributed by atoms with E-state index in [9.17, 15) is 22.0 Å². The standard InChI is InChI=1S/C28H19ClF2N2O3S/c1-37(35,36)19-8-9-20(21(15-19)16-6-11-24(30)25(31)12-16)28(34)32-18-7-10-23(29)22(14-18)27-13-17-4-2-3-5-26(17)33-27/h2-15,33H,1H3,(H,32,34). The fourth-order valence-corrected chi connectivity index (χ4v) is 4.95. The SMILES string of the molecule is CS(=O)(=O)c1ccc(C(=O)Nc2ccc(Cl)c(-c3cc4ccccc4[nH]3)c2)c(-c2ccc(F)c(F)c2)c1. The number of halogens is 3. The van der Waals surface area contributed by atoms with Crippen molar-refractivity contribution in [2.75, 3.05) is 11.6 Å². The lowest BCUT2D eigenvalue weighted by Crippen LogP contribution is -2.14. The molecule has 1 heterocycles. The monoisotopic (exact) mass is 536 g/mol. The summed E-state index contributed by atoms with van der Waals surface area (Å²) in [6, 6.07) is 21.8. The van der Waals surface area contributed by atoms with Crippen molar-refractivity contribution in [2.45, 2.75) is 4.90 Å². The second-order valence-electron chi connectivity index (χ2n) is 8.53. The van der Waals surface area contributed by atoms with Gasteiger partial charge in [0.25, 0.3) is 5.91 Å². The summed E-state index contributed by atoms with van der Waals surface area (Å²) in [5.74, 6) is -2.74. The highest BCUT2D eigenvalue weighted by atomic mass is 35.5. The molecule has 9 heteroatoms. The maximum atomic E-state index is 14.0. The van der Waals surface area contributed by atoms with Crippen molar-refractivity contribution in [1.29, 1.82) is 0 Å². The summed E-state index contributed by atoms with van der Waals surface area (Å²) < 4.78 is 51.8. The number of hydrogen-bond acceptors (Lipinski definition) is 3. The Kier molecular flexibility index (Phi) is 6.31. The lowest BCUT2D eigenvalue weighted by Gasteiger charge is -2.13. The predicted molar refractivity (Wildman–Crippen MR) is 142 cm³/mol. The molecule has 5 nitrogen and oxygen atoms in total. The van der Waals surface area contributed by atoms with Gasteiger partial charge in [-0.05, 0) is 71.8 Å². The van der Waals surface area contributed by atoms with Crippen LogP contribution in [0.5, 0.6) is 0 Å². The van der Waals surface area contributed by atoms with Gasteiger partial charge in [-0.25, -0.2) is 17.2 Å². The number of H-pyrrole nitrogens is 1. The quantitative estimate of drug-likeness (QED) is 0.252. The van der Waals surface area contributed by atoms with E-state index in [1.54, 1.807) is 18.2 Å². The molecule has 0 fully saturated rings. The maximum absolute atomic E-state index is 14.0. The van der Waals surface area contributed by atoms with E-state index in [1.807, 2.05) is 30.3 Å². The first-order chi connectivity index (χ1) is 17.6. The van der Waals surface area contributed by atoms with Crippen LogP contribution in [-0.2, 0) is 9.84 Å². The Hall–Kier alpha value is -4.01. The van der Waals surface area contributed by atoms with E-state index in [4.69, 9.17) is 11.6 Å². The van der Waals surface area contributed by atoms with Crippen molar-refractivity contribution in [1.82, 2.24) is 4.98 Å². The summed E-state index contributed by atoms with van der Waals surface area (Å²) in [4.78, 5) is 16.6. The third-order valence-electron chi connectivity index (χ3n) is 5.94. The average Bonchev–Trinajstić information content (AvgIpc) is 3.30. The van der Waals surface area contributed by atoms with E-state index in [2.05, 4.69) is 10.3 Å². The van der Waals surface area contributed by atoms with Crippen LogP contribution in [0.25, 0.3) is 33.3 Å². The molecule has 0 radical (unpaired) electrons. The number of nitrogens with one attached hydrogen (secondary N) is 2. The maximum Gasteiger partial charge on any atom is 0.256 e. The number of aromatic amines is 1. The zero-order valence-corrected chi connectivity index (χ0v) is 20.9. The smallest absolute Gasteiger partial charge is 0.256 e. The van der Waals surface area contributed by atoms with Crippen molar-refractivity contribution in [3.05, 3.63) is 107 Å². The Morgan fingerprint density at radius 3 is 2.38 bits per heavy atom. The minimum absolute atomic E-state index is 0.0589. The van der Waals surface area contributed by atoms with Gasteiger partial charge in [0.1, 0.15) is 0 Å². The van der Waals surface area contributed by atoms with E-state index in [1.165, 1.54) is 24.3 Å². The molecule has 0 atom stereocenters. The zero-order valence-electron chi connectivity index (χ0n) is 19.3. The average molecular weight is 537 g/mol. The molecular formula is C28H19ClF2N2O3S. The predicted octanol–water partition coefficient (Wildman–Crippen LogP) is 7.09. The number of sulfone groups is 1. The van der Waals surface area contributed by atoms with Gasteiger partial charge in [-0.15, -0.1) is 0 Å². The van der Waals surface area contributed by atoms with Crippen molar-refractivity contribution >= 4 is 43.9 Å². The summed E-state index contributed by atoms with van der Waals surface area (Å²) in [6.45, 7) is 0. The summed E-state index contributed by atoms with van der Waals surface area (Å²) in [6.07, 6.45) is 1.02. The lowest BCUT2D eigenvalue weighted by molar-refractivity contribution is 0.102. The van der Waals surface area contributed by atoms with Crippen molar-refractivity contribution in [2.24, 2.45) is 0 Å². The van der Waals surface area contributed by atoms with Crippen LogP contribution in [0.15, 0.2) is 89.8 Å². The first-order valence-electron chi connectivity index (χ1n) is 11.1. The Bertz CT molecular complexity index is 1770. The number of rotatable bonds is 5. The summed E-state index contributed by atoms with van der Waals surface area (Å²) in [7, 11) is -3.62. The summed E-state index contributed by atoms with van der Waals surface area (Å²) in [5.41, 5.74) is 3.19. The molecule has 0 saturated heterocycles. The first-order valence-corrected chi connectivity index (χ1v) is 13.4. The fourth-order valence-electron chi connectivity index (χ4n) is 4.08. The molecule has 0 saturated carbocycles. The number of benzene rings is 4. The highest BCUT2D eigenvalue weighted by Gasteiger charge is 2.19. The van der Waals surface area contributed by atoms with E-state index >= 15 is 0 Å². The number of amides is 1. The number of carbonyl (C=O) groups excluding carboxylic acids is 1. The van der Waals surface area contributed by atoms with E-state index < -0.39 is 27.4 Å². The number of carbonyl (C=O) groups is 1. The second kappa shape index (κ2) is 9.46. The van der Waals surface area contributed by atoms with Crippen LogP contribution >= 0.6 is 11.6 Å². The van der Waals surface area contributed by atoms with Crippen LogP contribution in [0.3, 0.4) is 0 Å². The number of aromatic nitrogens is 1. The summed E-state index contributed by atoms with van der Waals surface area (Å²) >= 11 is 6.45. The van der Waals surface area contributed by atoms with Gasteiger partial charge >= 0.3 is 0 Å². The van der Waals surface area contributed by atoms with Gasteiger partial charge in [0.15, 0.2) is 21.5 Å². The fraction of sp³-hybridized carbons (Fsp3) is 0.0357. The Morgan fingerprint density at radius 1 is 0.865 bits per heavy atom. The Morgan fingerprint density at radius 2 is 1.65 bits per heavy atom. The number of anilines is 1. The van der Waals surface area contributed by atoms with Crippen LogP contribution in [0, 0.1) is 11.6 Å². The highest BCUT2D eigenvalue weighted by molar-refractivity contribution is 7.90. The molecule has 0 aliphatic rings. The number of para-hydroxylation sites is 1. The van der Waals surface area contributed by atoms with Crippen LogP contribution in [0.4, 0.5) is 14.5 Å². The third-order valence-corrected chi connectivity index (χ3v) is 7.38. The largest absolute Gasteiger partial charge is 0.354 e. The van der Waals surface area contributed by atoms with Crippen LogP contribution < -0.4 is 5.32 Å². The van der Waals surface area contributed by atoms with Gasteiger partial charge in [-0.3, -0.25) is 4.79 Å². The molecule has 0 aliphatic heterocycles. The molecule has 5 aromatic rings. The van der Waals surface area contributed by atoms with Crippen LogP contribution in [0.1, 0.15) is 10.4 Å². The lowest BCUT2D eigenvalue weighted by atomic mass is 9.98. The molecule has 1 amide bonds. The van der Waals surface area contributed by atoms with Crippen LogP contribution in [0.2, 0.25) is 5.02 Å². The van der Waals surface area contributed by atoms with Gasteiger partial charge in [0.2, 0.25) is 0 Å². The van der Waals surface area contributed by atoms with Crippen molar-refractivity contribution in [3.63, 3.8) is 0 Å². The Labute approximate surface area is 216 Å². The zero-order chi connectivity index (χ0) is 26.3. The minimum Gasteiger partial charge on any atom is -0.354 e. The molecule has 0 unspecified atom stereocenters. The molecule has 0 bridgehead atoms. The number of hydrogen-bond donors (Lipinski definition) is 2. The van der Waals surface area contributed by atoms with Gasteiger partial charge in [-0.2, -0.15) is 0 Å². The molecule has 37 heavy (non-hydrogen) atoms. The summed E-state index contributed by atoms with van der Waals surface area (Å²) in [5, 5.41) is 4.28. The minimum atomic E-state index is -3.62. The van der Waals surface area contributed by atoms with Gasteiger partial charge in [-0.1, -0.05) is 35.9 Å². The molecule has 5 rings (SSSR count). The van der Waals surface area contributed by atoms with Gasteiger partial charge in [0, 0.05) is 39.7 Å². The molecule has 1 aromatic heterocycles. The molecule has 0 aliphatic carbocycles. The normalized spacial score (nSPS) is 11.6. The van der Waals surface area contributed by atoms with Crippen molar-refractivity contribution in [3.8, 4) is 22.4 Å². The van der Waals surface area contributed by atoms with Crippen molar-refractivity contribution < 1.29 is 22.0 Å². The van der Waals surface area contributed by atoms with Crippen LogP contribution in [-0.4, -0.2) is 25.6 Å². The van der Waals surface area contributed by atoms with E-state index in [-0.39, 0.29) is 21.6 Å². The third kappa shape index (κ3) is 4.98. The molecule has 0 spiro atoms. The van der Waals surface area contributed by atoms with E-state index in [0.29, 0.717) is 16.3 Å². The highest BCUT2D eigenvalue weighted by Crippen LogP contribution is 2.33. The molecular weight excluding hydrogens is 518 g/mol. The van der Waals surface area contributed by atoms with E-state index in [0.717, 1.165) is 35.0 Å². The molecule has 186 valence electrons.